The van der Waals surface area contributed by atoms with Crippen LogP contribution in [0.25, 0.3) is 0 Å². The zero-order valence-corrected chi connectivity index (χ0v) is 20.9. The number of nitrogens with one attached hydrogen (secondary N) is 2. The molecule has 2 aliphatic heterocycles. The maximum absolute atomic E-state index is 9.28. The fraction of sp³-hybridized carbons (Fsp3) is 0.300. The van der Waals surface area contributed by atoms with Crippen LogP contribution in [0.2, 0.25) is 0 Å². The van der Waals surface area contributed by atoms with E-state index in [2.05, 4.69) is 114 Å². The molecule has 1 fully saturated rings. The Morgan fingerprint density at radius 3 is 2.34 bits per heavy atom. The third kappa shape index (κ3) is 5.64. The maximum Gasteiger partial charge on any atom is 0.0638 e. The zero-order chi connectivity index (χ0) is 24.8. The van der Waals surface area contributed by atoms with Gasteiger partial charge in [-0.05, 0) is 48.5 Å². The number of likely N-dealkylation sites (N-methyl/N-ethyl adjacent to an activating group) is 1. The number of nitrogens with two attached hydrogens (primary N) is 1. The lowest BCUT2D eigenvalue weighted by molar-refractivity contribution is 0.148. The number of fused-ring (bicyclic) bond motifs is 1. The molecule has 3 aromatic carbocycles. The first-order chi connectivity index (χ1) is 17.0. The van der Waals surface area contributed by atoms with Gasteiger partial charge in [-0.15, -0.1) is 0 Å². The number of aryl methyl sites for hydroxylation is 1. The molecule has 0 aromatic heterocycles. The van der Waals surface area contributed by atoms with Gasteiger partial charge in [0.1, 0.15) is 0 Å². The topological polar surface area (TPSA) is 68.4 Å². The van der Waals surface area contributed by atoms with Gasteiger partial charge in [-0.1, -0.05) is 73.3 Å². The number of anilines is 1. The van der Waals surface area contributed by atoms with Gasteiger partial charge in [0.05, 0.1) is 17.7 Å². The second-order valence-corrected chi connectivity index (χ2v) is 9.48. The molecule has 5 rings (SSSR count). The fourth-order valence-corrected chi connectivity index (χ4v) is 5.16. The lowest BCUT2D eigenvalue weighted by Crippen LogP contribution is -2.43. The van der Waals surface area contributed by atoms with Gasteiger partial charge in [0, 0.05) is 44.0 Å². The summed E-state index contributed by atoms with van der Waals surface area (Å²) in [5.74, 6) is -0.0292. The number of hydrogen-bond donors (Lipinski definition) is 3. The first-order valence-electron chi connectivity index (χ1n) is 12.3. The van der Waals surface area contributed by atoms with Crippen LogP contribution in [0.4, 0.5) is 5.69 Å². The van der Waals surface area contributed by atoms with Crippen LogP contribution in [0.5, 0.6) is 0 Å². The molecule has 1 saturated heterocycles. The van der Waals surface area contributed by atoms with E-state index >= 15 is 0 Å². The predicted molar refractivity (Wildman–Crippen MR) is 147 cm³/mol. The lowest BCUT2D eigenvalue weighted by atomic mass is 9.76. The Morgan fingerprint density at radius 1 is 0.971 bits per heavy atom. The van der Waals surface area contributed by atoms with Crippen LogP contribution in [0.3, 0.4) is 0 Å². The highest BCUT2D eigenvalue weighted by Crippen LogP contribution is 2.43. The smallest absolute Gasteiger partial charge is 0.0638 e. The summed E-state index contributed by atoms with van der Waals surface area (Å²) in [5.41, 5.74) is 12.4. The van der Waals surface area contributed by atoms with E-state index in [0.717, 1.165) is 49.5 Å². The van der Waals surface area contributed by atoms with E-state index in [1.54, 1.807) is 0 Å². The Hall–Kier alpha value is -3.41. The third-order valence-corrected chi connectivity index (χ3v) is 6.97. The van der Waals surface area contributed by atoms with Gasteiger partial charge in [-0.25, -0.2) is 0 Å². The van der Waals surface area contributed by atoms with E-state index in [4.69, 9.17) is 0 Å². The summed E-state index contributed by atoms with van der Waals surface area (Å²) in [4.78, 5) is 4.93. The van der Waals surface area contributed by atoms with Crippen molar-refractivity contribution in [2.24, 2.45) is 5.73 Å². The number of rotatable bonds is 4. The van der Waals surface area contributed by atoms with Crippen molar-refractivity contribution in [3.8, 4) is 0 Å². The SMILES string of the molecule is C=CN.Cc1cccc2c1C(=N)C(c1cccc(CN3CCN(C)CC3)c1)C(c1ccccc1)N2. The van der Waals surface area contributed by atoms with Gasteiger partial charge in [0.15, 0.2) is 0 Å². The van der Waals surface area contributed by atoms with E-state index in [1.807, 2.05) is 0 Å². The third-order valence-electron chi connectivity index (χ3n) is 6.97. The molecule has 0 spiro atoms. The van der Waals surface area contributed by atoms with Crippen molar-refractivity contribution >= 4 is 11.4 Å². The predicted octanol–water partition coefficient (Wildman–Crippen LogP) is 5.15. The maximum atomic E-state index is 9.28. The van der Waals surface area contributed by atoms with Crippen LogP contribution >= 0.6 is 0 Å². The van der Waals surface area contributed by atoms with Gasteiger partial charge in [-0.2, -0.15) is 0 Å². The van der Waals surface area contributed by atoms with Crippen molar-refractivity contribution in [1.29, 1.82) is 5.41 Å². The molecule has 2 atom stereocenters. The van der Waals surface area contributed by atoms with Crippen LogP contribution in [-0.2, 0) is 6.54 Å². The van der Waals surface area contributed by atoms with Gasteiger partial charge in [0.2, 0.25) is 0 Å². The second kappa shape index (κ2) is 11.3. The zero-order valence-electron chi connectivity index (χ0n) is 20.9. The molecule has 5 nitrogen and oxygen atoms in total. The van der Waals surface area contributed by atoms with Crippen molar-refractivity contribution in [3.63, 3.8) is 0 Å². The van der Waals surface area contributed by atoms with E-state index < -0.39 is 0 Å². The van der Waals surface area contributed by atoms with E-state index in [0.29, 0.717) is 5.71 Å². The molecule has 0 radical (unpaired) electrons. The molecule has 0 bridgehead atoms. The highest BCUT2D eigenvalue weighted by atomic mass is 15.2. The first-order valence-corrected chi connectivity index (χ1v) is 12.3. The number of hydrogen-bond acceptors (Lipinski definition) is 5. The minimum atomic E-state index is -0.0292. The summed E-state index contributed by atoms with van der Waals surface area (Å²) in [6.45, 7) is 10.7. The highest BCUT2D eigenvalue weighted by molar-refractivity contribution is 6.10. The minimum Gasteiger partial charge on any atom is -0.405 e. The molecule has 4 N–H and O–H groups in total. The van der Waals surface area contributed by atoms with Crippen LogP contribution in [0.15, 0.2) is 85.6 Å². The first kappa shape index (κ1) is 24.7. The Bertz CT molecular complexity index is 1150. The molecule has 3 aromatic rings. The number of nitrogens with zero attached hydrogens (tertiary/aromatic N) is 2. The van der Waals surface area contributed by atoms with Crippen LogP contribution in [0.1, 0.15) is 39.8 Å². The summed E-state index contributed by atoms with van der Waals surface area (Å²) >= 11 is 0. The van der Waals surface area contributed by atoms with E-state index in [1.165, 1.54) is 22.9 Å². The van der Waals surface area contributed by atoms with E-state index in [-0.39, 0.29) is 12.0 Å². The molecule has 2 heterocycles. The molecule has 2 aliphatic rings. The second-order valence-electron chi connectivity index (χ2n) is 9.48. The molecule has 2 unspecified atom stereocenters. The van der Waals surface area contributed by atoms with Crippen LogP contribution < -0.4 is 11.1 Å². The molecule has 0 aliphatic carbocycles. The lowest BCUT2D eigenvalue weighted by Gasteiger charge is -2.37. The summed E-state index contributed by atoms with van der Waals surface area (Å²) in [6, 6.07) is 25.9. The molecule has 182 valence electrons. The fourth-order valence-electron chi connectivity index (χ4n) is 5.16. The summed E-state index contributed by atoms with van der Waals surface area (Å²) in [7, 11) is 2.20. The Kier molecular flexibility index (Phi) is 8.01. The largest absolute Gasteiger partial charge is 0.405 e. The number of piperazine rings is 1. The average Bonchev–Trinajstić information content (AvgIpc) is 2.86. The summed E-state index contributed by atoms with van der Waals surface area (Å²) < 4.78 is 0. The van der Waals surface area contributed by atoms with Crippen molar-refractivity contribution in [1.82, 2.24) is 9.80 Å². The Labute approximate surface area is 209 Å². The van der Waals surface area contributed by atoms with Crippen molar-refractivity contribution < 1.29 is 0 Å². The number of benzene rings is 3. The van der Waals surface area contributed by atoms with E-state index in [9.17, 15) is 5.41 Å². The molecule has 5 heteroatoms. The minimum absolute atomic E-state index is 0.0292. The Balaban J connectivity index is 0.000000917. The average molecular weight is 468 g/mol. The van der Waals surface area contributed by atoms with Gasteiger partial charge in [-0.3, -0.25) is 4.90 Å². The monoisotopic (exact) mass is 467 g/mol. The molecular weight excluding hydrogens is 430 g/mol. The highest BCUT2D eigenvalue weighted by Gasteiger charge is 2.35. The molecule has 0 amide bonds. The van der Waals surface area contributed by atoms with Gasteiger partial charge in [0.25, 0.3) is 0 Å². The van der Waals surface area contributed by atoms with Crippen LogP contribution in [0, 0.1) is 12.3 Å². The quantitative estimate of drug-likeness (QED) is 0.496. The standard InChI is InChI=1S/C28H32N4.C2H5N/c1-20-8-6-13-24-25(20)27(29)26(28(30-24)22-10-4-3-5-11-22)23-12-7-9-21(18-23)19-32-16-14-31(2)15-17-32;1-2-3/h3-13,18,26,28-30H,14-17,19H2,1-2H3;2H,1,3H2. The van der Waals surface area contributed by atoms with Crippen molar-refractivity contribution in [3.05, 3.63) is 113 Å². The summed E-state index contributed by atoms with van der Waals surface area (Å²) in [5, 5.41) is 13.1. The molecule has 35 heavy (non-hydrogen) atoms. The summed E-state index contributed by atoms with van der Waals surface area (Å²) in [6.07, 6.45) is 1.25. The van der Waals surface area contributed by atoms with Crippen molar-refractivity contribution in [2.45, 2.75) is 25.4 Å². The van der Waals surface area contributed by atoms with Crippen LogP contribution in [-0.4, -0.2) is 48.7 Å². The van der Waals surface area contributed by atoms with Gasteiger partial charge >= 0.3 is 0 Å². The molecular formula is C30H37N5. The Morgan fingerprint density at radius 2 is 1.63 bits per heavy atom. The normalized spacial score (nSPS) is 20.2. The van der Waals surface area contributed by atoms with Gasteiger partial charge < -0.3 is 21.4 Å². The molecule has 0 saturated carbocycles. The van der Waals surface area contributed by atoms with Crippen molar-refractivity contribution in [2.75, 3.05) is 38.5 Å².